The molecule has 0 saturated carbocycles. The molecule has 0 aromatic heterocycles. The van der Waals surface area contributed by atoms with Crippen LogP contribution in [0.2, 0.25) is 0 Å². The van der Waals surface area contributed by atoms with Gasteiger partial charge in [-0.25, -0.2) is 4.79 Å². The van der Waals surface area contributed by atoms with Crippen LogP contribution in [-0.4, -0.2) is 42.9 Å². The molecular weight excluding hydrogens is 224 g/mol. The van der Waals surface area contributed by atoms with Gasteiger partial charge in [-0.1, -0.05) is 13.3 Å². The Hall–Kier alpha value is -1.30. The van der Waals surface area contributed by atoms with Crippen LogP contribution in [-0.2, 0) is 9.53 Å². The lowest BCUT2D eigenvalue weighted by Gasteiger charge is -2.19. The van der Waals surface area contributed by atoms with Crippen molar-refractivity contribution in [3.8, 4) is 0 Å². The van der Waals surface area contributed by atoms with Gasteiger partial charge in [0.2, 0.25) is 0 Å². The number of carbonyl (C=O) groups is 2. The predicted molar refractivity (Wildman–Crippen MR) is 64.0 cm³/mol. The molecule has 2 atom stereocenters. The summed E-state index contributed by atoms with van der Waals surface area (Å²) < 4.78 is 4.99. The molecule has 0 heterocycles. The third kappa shape index (κ3) is 8.50. The molecule has 0 radical (unpaired) electrons. The number of urea groups is 1. The van der Waals surface area contributed by atoms with Gasteiger partial charge in [-0.2, -0.15) is 0 Å². The van der Waals surface area contributed by atoms with Crippen LogP contribution in [0.5, 0.6) is 0 Å². The molecule has 0 aromatic carbocycles. The molecule has 6 nitrogen and oxygen atoms in total. The van der Waals surface area contributed by atoms with E-state index < -0.39 is 12.0 Å². The number of hydrogen-bond donors (Lipinski definition) is 3. The Morgan fingerprint density at radius 3 is 2.47 bits per heavy atom. The molecule has 0 spiro atoms. The van der Waals surface area contributed by atoms with E-state index >= 15 is 0 Å². The fraction of sp³-hybridized carbons (Fsp3) is 0.818. The monoisotopic (exact) mass is 246 g/mol. The van der Waals surface area contributed by atoms with Gasteiger partial charge >= 0.3 is 12.0 Å². The van der Waals surface area contributed by atoms with Crippen molar-refractivity contribution < 1.29 is 19.4 Å². The van der Waals surface area contributed by atoms with Crippen molar-refractivity contribution in [2.24, 2.45) is 0 Å². The highest BCUT2D eigenvalue weighted by atomic mass is 16.5. The van der Waals surface area contributed by atoms with Crippen LogP contribution in [0.15, 0.2) is 0 Å². The van der Waals surface area contributed by atoms with Gasteiger partial charge in [0.05, 0.1) is 19.1 Å². The van der Waals surface area contributed by atoms with Gasteiger partial charge < -0.3 is 20.5 Å². The molecule has 0 fully saturated rings. The van der Waals surface area contributed by atoms with Crippen molar-refractivity contribution in [3.63, 3.8) is 0 Å². The molecule has 3 N–H and O–H groups in total. The lowest BCUT2D eigenvalue weighted by Crippen LogP contribution is -2.47. The summed E-state index contributed by atoms with van der Waals surface area (Å²) in [7, 11) is 1.58. The molecule has 2 unspecified atom stereocenters. The van der Waals surface area contributed by atoms with E-state index in [2.05, 4.69) is 10.6 Å². The van der Waals surface area contributed by atoms with E-state index in [-0.39, 0.29) is 18.5 Å². The highest BCUT2D eigenvalue weighted by Crippen LogP contribution is 1.97. The van der Waals surface area contributed by atoms with Gasteiger partial charge in [0.25, 0.3) is 0 Å². The molecule has 0 rings (SSSR count). The molecule has 0 aliphatic rings. The first-order valence-electron chi connectivity index (χ1n) is 5.77. The lowest BCUT2D eigenvalue weighted by atomic mass is 10.2. The van der Waals surface area contributed by atoms with E-state index in [9.17, 15) is 9.59 Å². The van der Waals surface area contributed by atoms with Gasteiger partial charge in [-0.3, -0.25) is 4.79 Å². The number of rotatable bonds is 8. The normalized spacial score (nSPS) is 13.8. The average Bonchev–Trinajstić information content (AvgIpc) is 2.16. The van der Waals surface area contributed by atoms with Gasteiger partial charge in [0.15, 0.2) is 0 Å². The molecule has 0 saturated heterocycles. The van der Waals surface area contributed by atoms with Crippen LogP contribution < -0.4 is 10.6 Å². The van der Waals surface area contributed by atoms with Crippen molar-refractivity contribution in [3.05, 3.63) is 0 Å². The highest BCUT2D eigenvalue weighted by Gasteiger charge is 2.14. The minimum atomic E-state index is -0.931. The number of carboxylic acid groups (broad SMARTS) is 1. The third-order valence-corrected chi connectivity index (χ3v) is 2.20. The number of carboxylic acids is 1. The lowest BCUT2D eigenvalue weighted by molar-refractivity contribution is -0.137. The third-order valence-electron chi connectivity index (χ3n) is 2.20. The Balaban J connectivity index is 3.99. The van der Waals surface area contributed by atoms with Crippen molar-refractivity contribution >= 4 is 12.0 Å². The molecule has 0 aliphatic heterocycles. The number of aliphatic carboxylic acids is 1. The Bertz CT molecular complexity index is 240. The molecule has 100 valence electrons. The second-order valence-corrected chi connectivity index (χ2v) is 4.06. The molecular formula is C11H22N2O4. The highest BCUT2D eigenvalue weighted by molar-refractivity contribution is 5.75. The first-order chi connectivity index (χ1) is 7.99. The molecule has 2 amide bonds. The van der Waals surface area contributed by atoms with E-state index in [1.54, 1.807) is 14.0 Å². The summed E-state index contributed by atoms with van der Waals surface area (Å²) >= 11 is 0. The molecule has 6 heteroatoms. The summed E-state index contributed by atoms with van der Waals surface area (Å²) in [6, 6.07) is -0.784. The zero-order chi connectivity index (χ0) is 13.3. The van der Waals surface area contributed by atoms with Gasteiger partial charge in [-0.15, -0.1) is 0 Å². The summed E-state index contributed by atoms with van der Waals surface area (Å²) in [6.45, 7) is 4.13. The van der Waals surface area contributed by atoms with Gasteiger partial charge in [0, 0.05) is 13.2 Å². The summed E-state index contributed by atoms with van der Waals surface area (Å²) in [5.74, 6) is -0.931. The zero-order valence-electron chi connectivity index (χ0n) is 10.7. The summed E-state index contributed by atoms with van der Waals surface area (Å²) in [6.07, 6.45) is 1.68. The zero-order valence-corrected chi connectivity index (χ0v) is 10.7. The minimum Gasteiger partial charge on any atom is -0.481 e. The van der Waals surface area contributed by atoms with Crippen LogP contribution in [0.3, 0.4) is 0 Å². The van der Waals surface area contributed by atoms with E-state index in [1.807, 2.05) is 6.92 Å². The largest absolute Gasteiger partial charge is 0.481 e. The topological polar surface area (TPSA) is 87.7 Å². The van der Waals surface area contributed by atoms with Crippen molar-refractivity contribution in [2.75, 3.05) is 13.7 Å². The average molecular weight is 246 g/mol. The molecule has 0 aromatic rings. The van der Waals surface area contributed by atoms with Gasteiger partial charge in [0.1, 0.15) is 0 Å². The molecule has 0 bridgehead atoms. The number of ether oxygens (including phenoxy) is 1. The van der Waals surface area contributed by atoms with Crippen LogP contribution in [0.4, 0.5) is 4.79 Å². The van der Waals surface area contributed by atoms with E-state index in [1.165, 1.54) is 0 Å². The second kappa shape index (κ2) is 8.81. The smallest absolute Gasteiger partial charge is 0.315 e. The standard InChI is InChI=1S/C11H22N2O4/c1-4-5-9(7-17-3)13-11(16)12-8(2)6-10(14)15/h8-9H,4-7H2,1-3H3,(H,14,15)(H2,12,13,16). The summed E-state index contributed by atoms with van der Waals surface area (Å²) in [5.41, 5.74) is 0. The van der Waals surface area contributed by atoms with E-state index in [0.29, 0.717) is 6.61 Å². The Morgan fingerprint density at radius 1 is 1.35 bits per heavy atom. The summed E-state index contributed by atoms with van der Waals surface area (Å²) in [4.78, 5) is 22.0. The maximum atomic E-state index is 11.5. The molecule has 0 aliphatic carbocycles. The van der Waals surface area contributed by atoms with Crippen LogP contribution in [0.1, 0.15) is 33.1 Å². The van der Waals surface area contributed by atoms with Gasteiger partial charge in [-0.05, 0) is 13.3 Å². The van der Waals surface area contributed by atoms with Crippen molar-refractivity contribution in [1.29, 1.82) is 0 Å². The summed E-state index contributed by atoms with van der Waals surface area (Å²) in [5, 5.41) is 13.9. The molecule has 17 heavy (non-hydrogen) atoms. The fourth-order valence-electron chi connectivity index (χ4n) is 1.51. The quantitative estimate of drug-likeness (QED) is 0.595. The number of hydrogen-bond acceptors (Lipinski definition) is 3. The maximum absolute atomic E-state index is 11.5. The van der Waals surface area contributed by atoms with Crippen LogP contribution in [0, 0.1) is 0 Å². The first-order valence-corrected chi connectivity index (χ1v) is 5.77. The van der Waals surface area contributed by atoms with Crippen molar-refractivity contribution in [1.82, 2.24) is 10.6 Å². The number of nitrogens with one attached hydrogen (secondary N) is 2. The van der Waals surface area contributed by atoms with Crippen LogP contribution >= 0.6 is 0 Å². The number of methoxy groups -OCH3 is 1. The number of amides is 2. The Morgan fingerprint density at radius 2 is 2.00 bits per heavy atom. The second-order valence-electron chi connectivity index (χ2n) is 4.06. The predicted octanol–water partition coefficient (Wildman–Crippen LogP) is 0.964. The Kier molecular flexibility index (Phi) is 8.13. The minimum absolute atomic E-state index is 0.0398. The van der Waals surface area contributed by atoms with Crippen molar-refractivity contribution in [2.45, 2.75) is 45.2 Å². The fourth-order valence-corrected chi connectivity index (χ4v) is 1.51. The van der Waals surface area contributed by atoms with Crippen LogP contribution in [0.25, 0.3) is 0 Å². The Labute approximate surface area is 102 Å². The first kappa shape index (κ1) is 15.7. The SMILES string of the molecule is CCCC(COC)NC(=O)NC(C)CC(=O)O. The number of carbonyl (C=O) groups excluding carboxylic acids is 1. The van der Waals surface area contributed by atoms with E-state index in [4.69, 9.17) is 9.84 Å². The van der Waals surface area contributed by atoms with E-state index in [0.717, 1.165) is 12.8 Å². The maximum Gasteiger partial charge on any atom is 0.315 e.